The van der Waals surface area contributed by atoms with Crippen LogP contribution in [0.15, 0.2) is 5.16 Å². The first-order chi connectivity index (χ1) is 5.22. The quantitative estimate of drug-likeness (QED) is 0.615. The van der Waals surface area contributed by atoms with Crippen molar-refractivity contribution < 1.29 is 0 Å². The molecule has 0 aromatic carbocycles. The summed E-state index contributed by atoms with van der Waals surface area (Å²) in [6.07, 6.45) is 0. The van der Waals surface area contributed by atoms with Crippen molar-refractivity contribution in [3.63, 3.8) is 0 Å². The molecule has 4 N–H and O–H groups in total. The molecule has 0 fully saturated rings. The standard InChI is InChI=1S/C5H9N5S/c1-2-11-5-9-3(6)8-4(7)10-5/h2H2,1H3,(H4,6,7,8,9,10). The van der Waals surface area contributed by atoms with E-state index in [1.807, 2.05) is 6.92 Å². The van der Waals surface area contributed by atoms with Crippen molar-refractivity contribution in [2.45, 2.75) is 12.1 Å². The maximum absolute atomic E-state index is 5.33. The highest BCUT2D eigenvalue weighted by Crippen LogP contribution is 2.12. The van der Waals surface area contributed by atoms with Crippen LogP contribution in [0.5, 0.6) is 0 Å². The van der Waals surface area contributed by atoms with Gasteiger partial charge in [-0.3, -0.25) is 0 Å². The number of anilines is 2. The number of hydrogen-bond donors (Lipinski definition) is 2. The Morgan fingerprint density at radius 3 is 2.18 bits per heavy atom. The van der Waals surface area contributed by atoms with E-state index < -0.39 is 0 Å². The summed E-state index contributed by atoms with van der Waals surface area (Å²) in [5, 5.41) is 0.581. The fourth-order valence-electron chi connectivity index (χ4n) is 0.582. The molecule has 0 radical (unpaired) electrons. The molecule has 0 unspecified atom stereocenters. The second kappa shape index (κ2) is 3.38. The predicted molar refractivity (Wildman–Crippen MR) is 45.0 cm³/mol. The minimum atomic E-state index is 0.174. The van der Waals surface area contributed by atoms with Crippen LogP contribution >= 0.6 is 11.8 Å². The number of rotatable bonds is 2. The molecule has 0 spiro atoms. The lowest BCUT2D eigenvalue weighted by molar-refractivity contribution is 0.930. The van der Waals surface area contributed by atoms with Gasteiger partial charge in [-0.2, -0.15) is 15.0 Å². The average Bonchev–Trinajstić information content (AvgIpc) is 1.85. The lowest BCUT2D eigenvalue weighted by atomic mass is 10.9. The molecule has 0 aliphatic heterocycles. The third-order valence-corrected chi connectivity index (χ3v) is 1.65. The monoisotopic (exact) mass is 171 g/mol. The van der Waals surface area contributed by atoms with Gasteiger partial charge in [0.2, 0.25) is 11.9 Å². The van der Waals surface area contributed by atoms with E-state index in [1.165, 1.54) is 11.8 Å². The summed E-state index contributed by atoms with van der Waals surface area (Å²) in [6, 6.07) is 0. The van der Waals surface area contributed by atoms with E-state index >= 15 is 0 Å². The number of thioether (sulfide) groups is 1. The molecule has 11 heavy (non-hydrogen) atoms. The molecule has 1 aromatic heterocycles. The second-order valence-corrected chi connectivity index (χ2v) is 3.00. The van der Waals surface area contributed by atoms with Crippen LogP contribution in [0.2, 0.25) is 0 Å². The highest BCUT2D eigenvalue weighted by Gasteiger charge is 1.99. The van der Waals surface area contributed by atoms with Crippen LogP contribution in [0.1, 0.15) is 6.92 Å². The van der Waals surface area contributed by atoms with Gasteiger partial charge in [0.1, 0.15) is 0 Å². The minimum absolute atomic E-state index is 0.174. The van der Waals surface area contributed by atoms with Gasteiger partial charge in [0.25, 0.3) is 0 Å². The Hall–Kier alpha value is -1.04. The minimum Gasteiger partial charge on any atom is -0.368 e. The number of nitrogens with two attached hydrogens (primary N) is 2. The van der Waals surface area contributed by atoms with Gasteiger partial charge in [-0.15, -0.1) is 0 Å². The van der Waals surface area contributed by atoms with Gasteiger partial charge in [-0.1, -0.05) is 18.7 Å². The summed E-state index contributed by atoms with van der Waals surface area (Å²) in [7, 11) is 0. The maximum Gasteiger partial charge on any atom is 0.225 e. The molecule has 0 bridgehead atoms. The van der Waals surface area contributed by atoms with Gasteiger partial charge in [0.05, 0.1) is 0 Å². The predicted octanol–water partition coefficient (Wildman–Crippen LogP) is 0.148. The zero-order valence-electron chi connectivity index (χ0n) is 6.11. The third kappa shape index (κ3) is 2.23. The molecular weight excluding hydrogens is 162 g/mol. The Balaban J connectivity index is 2.89. The summed E-state index contributed by atoms with van der Waals surface area (Å²) >= 11 is 1.48. The van der Waals surface area contributed by atoms with Crippen molar-refractivity contribution in [2.24, 2.45) is 0 Å². The van der Waals surface area contributed by atoms with Crippen molar-refractivity contribution >= 4 is 23.7 Å². The third-order valence-electron chi connectivity index (χ3n) is 0.923. The zero-order chi connectivity index (χ0) is 8.27. The fraction of sp³-hybridized carbons (Fsp3) is 0.400. The second-order valence-electron chi connectivity index (χ2n) is 1.77. The van der Waals surface area contributed by atoms with E-state index in [1.54, 1.807) is 0 Å². The van der Waals surface area contributed by atoms with E-state index in [0.29, 0.717) is 5.16 Å². The molecule has 5 nitrogen and oxygen atoms in total. The van der Waals surface area contributed by atoms with E-state index in [4.69, 9.17) is 11.5 Å². The van der Waals surface area contributed by atoms with E-state index in [0.717, 1.165) is 5.75 Å². The normalized spacial score (nSPS) is 9.91. The van der Waals surface area contributed by atoms with Gasteiger partial charge >= 0.3 is 0 Å². The van der Waals surface area contributed by atoms with Crippen LogP contribution in [0.3, 0.4) is 0 Å². The molecule has 1 heterocycles. The van der Waals surface area contributed by atoms with Gasteiger partial charge in [0.15, 0.2) is 5.16 Å². The van der Waals surface area contributed by atoms with Crippen LogP contribution in [0.25, 0.3) is 0 Å². The lowest BCUT2D eigenvalue weighted by Gasteiger charge is -1.98. The first-order valence-corrected chi connectivity index (χ1v) is 4.10. The van der Waals surface area contributed by atoms with Gasteiger partial charge < -0.3 is 11.5 Å². The smallest absolute Gasteiger partial charge is 0.225 e. The van der Waals surface area contributed by atoms with E-state index in [-0.39, 0.29) is 11.9 Å². The Morgan fingerprint density at radius 2 is 1.73 bits per heavy atom. The van der Waals surface area contributed by atoms with Gasteiger partial charge in [-0.25, -0.2) is 0 Å². The molecule has 0 aliphatic rings. The van der Waals surface area contributed by atoms with Crippen LogP contribution in [0.4, 0.5) is 11.9 Å². The Kier molecular flexibility index (Phi) is 2.48. The summed E-state index contributed by atoms with van der Waals surface area (Å²) in [4.78, 5) is 11.4. The summed E-state index contributed by atoms with van der Waals surface area (Å²) in [5.41, 5.74) is 10.7. The van der Waals surface area contributed by atoms with Crippen molar-refractivity contribution in [1.82, 2.24) is 15.0 Å². The van der Waals surface area contributed by atoms with Crippen LogP contribution in [-0.2, 0) is 0 Å². The topological polar surface area (TPSA) is 90.7 Å². The summed E-state index contributed by atoms with van der Waals surface area (Å²) in [6.45, 7) is 2.00. The maximum atomic E-state index is 5.33. The van der Waals surface area contributed by atoms with Gasteiger partial charge in [-0.05, 0) is 5.75 Å². The molecule has 0 atom stereocenters. The number of nitrogen functional groups attached to an aromatic ring is 2. The van der Waals surface area contributed by atoms with Crippen LogP contribution in [0, 0.1) is 0 Å². The van der Waals surface area contributed by atoms with Crippen LogP contribution < -0.4 is 11.5 Å². The average molecular weight is 171 g/mol. The molecule has 60 valence electrons. The van der Waals surface area contributed by atoms with Gasteiger partial charge in [0, 0.05) is 0 Å². The SMILES string of the molecule is CCSc1nc(N)nc(N)n1. The molecule has 1 aromatic rings. The first-order valence-electron chi connectivity index (χ1n) is 3.12. The fourth-order valence-corrected chi connectivity index (χ4v) is 1.16. The molecule has 0 aliphatic carbocycles. The van der Waals surface area contributed by atoms with Crippen molar-refractivity contribution in [1.29, 1.82) is 0 Å². The largest absolute Gasteiger partial charge is 0.368 e. The lowest BCUT2D eigenvalue weighted by Crippen LogP contribution is -2.03. The van der Waals surface area contributed by atoms with Crippen LogP contribution in [-0.4, -0.2) is 20.7 Å². The molecule has 0 amide bonds. The summed E-state index contributed by atoms with van der Waals surface area (Å²) < 4.78 is 0. The van der Waals surface area contributed by atoms with Crippen molar-refractivity contribution in [3.05, 3.63) is 0 Å². The summed E-state index contributed by atoms with van der Waals surface area (Å²) in [5.74, 6) is 1.24. The zero-order valence-corrected chi connectivity index (χ0v) is 6.93. The van der Waals surface area contributed by atoms with Crippen molar-refractivity contribution in [2.75, 3.05) is 17.2 Å². The molecule has 0 saturated heterocycles. The number of hydrogen-bond acceptors (Lipinski definition) is 6. The first kappa shape index (κ1) is 8.06. The Morgan fingerprint density at radius 1 is 1.18 bits per heavy atom. The number of nitrogens with zero attached hydrogens (tertiary/aromatic N) is 3. The van der Waals surface area contributed by atoms with Crippen molar-refractivity contribution in [3.8, 4) is 0 Å². The molecule has 6 heteroatoms. The van der Waals surface area contributed by atoms with E-state index in [2.05, 4.69) is 15.0 Å². The molecule has 0 saturated carbocycles. The highest BCUT2D eigenvalue weighted by atomic mass is 32.2. The Labute approximate surface area is 68.6 Å². The molecule has 1 rings (SSSR count). The molecular formula is C5H9N5S. The Bertz CT molecular complexity index is 230. The van der Waals surface area contributed by atoms with E-state index in [9.17, 15) is 0 Å². The highest BCUT2D eigenvalue weighted by molar-refractivity contribution is 7.99. The number of aromatic nitrogens is 3.